The lowest BCUT2D eigenvalue weighted by molar-refractivity contribution is -0.385. The third kappa shape index (κ3) is 8.23. The van der Waals surface area contributed by atoms with E-state index in [1.165, 1.54) is 72.1 Å². The van der Waals surface area contributed by atoms with Crippen molar-refractivity contribution >= 4 is 47.2 Å². The van der Waals surface area contributed by atoms with E-state index in [1.807, 2.05) is 13.8 Å². The maximum Gasteiger partial charge on any atom is 0.410 e. The Morgan fingerprint density at radius 3 is 1.93 bits per heavy atom. The van der Waals surface area contributed by atoms with Gasteiger partial charge in [0, 0.05) is 85.1 Å². The molecule has 55 heavy (non-hydrogen) atoms. The molecule has 4 aliphatic rings. The van der Waals surface area contributed by atoms with Crippen LogP contribution in [0.5, 0.6) is 0 Å². The molecule has 19 heteroatoms. The first kappa shape index (κ1) is 39.4. The Morgan fingerprint density at radius 1 is 0.891 bits per heavy atom. The number of hydrogen-bond donors (Lipinski definition) is 1. The lowest BCUT2D eigenvalue weighted by atomic mass is 9.79. The van der Waals surface area contributed by atoms with Crippen LogP contribution in [0.1, 0.15) is 38.3 Å². The Labute approximate surface area is 319 Å². The predicted octanol–water partition coefficient (Wildman–Crippen LogP) is 2.48. The second-order valence-corrected chi connectivity index (χ2v) is 15.6. The molecule has 6 rings (SSSR count). The number of ether oxygens (including phenoxy) is 2. The molecule has 3 saturated heterocycles. The lowest BCUT2D eigenvalue weighted by Gasteiger charge is -2.47. The monoisotopic (exact) mass is 781 g/mol. The molecule has 0 bridgehead atoms. The first-order valence-corrected chi connectivity index (χ1v) is 18.7. The van der Waals surface area contributed by atoms with Crippen LogP contribution in [0.15, 0.2) is 59.1 Å². The molecule has 3 amide bonds. The smallest absolute Gasteiger partial charge is 0.410 e. The number of nitro benzene ring substituents is 2. The molecule has 1 N–H and O–H groups in total. The highest BCUT2D eigenvalue weighted by Crippen LogP contribution is 2.52. The van der Waals surface area contributed by atoms with E-state index < -0.39 is 52.0 Å². The molecule has 0 aliphatic carbocycles. The van der Waals surface area contributed by atoms with Crippen molar-refractivity contribution < 1.29 is 48.7 Å². The number of aliphatic hydroxyl groups is 1. The second kappa shape index (κ2) is 16.2. The number of carboxylic acids is 1. The van der Waals surface area contributed by atoms with E-state index in [0.717, 1.165) is 0 Å². The minimum absolute atomic E-state index is 0.0527. The molecule has 294 valence electrons. The van der Waals surface area contributed by atoms with Crippen LogP contribution < -0.4 is 5.11 Å². The average Bonchev–Trinajstić information content (AvgIpc) is 3.65. The Morgan fingerprint density at radius 2 is 1.44 bits per heavy atom. The third-order valence-corrected chi connectivity index (χ3v) is 12.1. The van der Waals surface area contributed by atoms with E-state index in [-0.39, 0.29) is 60.1 Å². The fourth-order valence-electron chi connectivity index (χ4n) is 7.86. The highest BCUT2D eigenvalue weighted by Gasteiger charge is 2.59. The first-order valence-electron chi connectivity index (χ1n) is 17.8. The topological polar surface area (TPSA) is 229 Å². The maximum absolute atomic E-state index is 13.7. The van der Waals surface area contributed by atoms with Crippen LogP contribution in [0.3, 0.4) is 0 Å². The SMILES string of the molecule is CC1CN(C[C@@H]2C[C@H](SC3=C(C(=O)[O-])N4C(=O)[C@H]([C@@H](C)O)[C@H]4[C@H]3C)CN2C(=O)OCc2ccc([N+](=O)[O-])cc2)CCN1C(=O)OCc1ccc([N+](=O)[O-])cc1. The number of carbonyl (C=O) groups excluding carboxylic acids is 4. The number of amides is 3. The Bertz CT molecular complexity index is 1870. The molecule has 7 atom stereocenters. The summed E-state index contributed by atoms with van der Waals surface area (Å²) >= 11 is 1.29. The van der Waals surface area contributed by atoms with Crippen molar-refractivity contribution in [2.24, 2.45) is 11.8 Å². The summed E-state index contributed by atoms with van der Waals surface area (Å²) in [5, 5.41) is 44.3. The number of nitrogens with zero attached hydrogens (tertiary/aromatic N) is 6. The van der Waals surface area contributed by atoms with Crippen molar-refractivity contribution in [3.8, 4) is 0 Å². The number of aliphatic hydroxyl groups excluding tert-OH is 1. The number of benzene rings is 2. The van der Waals surface area contributed by atoms with Gasteiger partial charge in [-0.05, 0) is 55.7 Å². The highest BCUT2D eigenvalue weighted by atomic mass is 32.2. The van der Waals surface area contributed by atoms with Gasteiger partial charge >= 0.3 is 12.2 Å². The fourth-order valence-corrected chi connectivity index (χ4v) is 9.42. The van der Waals surface area contributed by atoms with Gasteiger partial charge < -0.3 is 39.2 Å². The molecule has 0 saturated carbocycles. The van der Waals surface area contributed by atoms with Gasteiger partial charge in [0.25, 0.3) is 11.4 Å². The van der Waals surface area contributed by atoms with E-state index in [0.29, 0.717) is 48.6 Å². The third-order valence-electron chi connectivity index (χ3n) is 10.6. The fraction of sp³-hybridized carbons (Fsp3) is 0.500. The number of fused-ring (bicyclic) bond motifs is 1. The number of nitro groups is 2. The molecule has 2 aromatic carbocycles. The Balaban J connectivity index is 1.12. The summed E-state index contributed by atoms with van der Waals surface area (Å²) in [5.74, 6) is -3.07. The minimum Gasteiger partial charge on any atom is -0.543 e. The highest BCUT2D eigenvalue weighted by molar-refractivity contribution is 8.03. The van der Waals surface area contributed by atoms with Crippen molar-refractivity contribution in [1.29, 1.82) is 0 Å². The van der Waals surface area contributed by atoms with Gasteiger partial charge in [-0.1, -0.05) is 6.92 Å². The molecule has 0 aromatic heterocycles. The number of likely N-dealkylation sites (tertiary alicyclic amines) is 1. The van der Waals surface area contributed by atoms with Crippen molar-refractivity contribution in [2.45, 2.75) is 69.9 Å². The number of rotatable bonds is 12. The quantitative estimate of drug-likeness (QED) is 0.185. The normalized spacial score (nSPS) is 25.7. The number of piperazine rings is 1. The van der Waals surface area contributed by atoms with E-state index in [2.05, 4.69) is 4.90 Å². The average molecular weight is 782 g/mol. The zero-order chi connectivity index (χ0) is 39.7. The summed E-state index contributed by atoms with van der Waals surface area (Å²) in [6.07, 6.45) is -1.64. The summed E-state index contributed by atoms with van der Waals surface area (Å²) in [7, 11) is 0. The van der Waals surface area contributed by atoms with Crippen molar-refractivity contribution in [3.05, 3.63) is 90.5 Å². The molecular formula is C36H41N6O12S-. The molecule has 1 unspecified atom stereocenters. The number of β-lactam (4-membered cyclic amide) rings is 1. The summed E-state index contributed by atoms with van der Waals surface area (Å²) in [6.45, 7) is 6.90. The summed E-state index contributed by atoms with van der Waals surface area (Å²) < 4.78 is 11.2. The predicted molar refractivity (Wildman–Crippen MR) is 193 cm³/mol. The van der Waals surface area contributed by atoms with Crippen molar-refractivity contribution in [2.75, 3.05) is 32.7 Å². The van der Waals surface area contributed by atoms with Crippen LogP contribution in [0.25, 0.3) is 0 Å². The molecule has 3 fully saturated rings. The van der Waals surface area contributed by atoms with Crippen LogP contribution in [-0.4, -0.2) is 121 Å². The van der Waals surface area contributed by atoms with Gasteiger partial charge in [0.2, 0.25) is 5.91 Å². The van der Waals surface area contributed by atoms with Crippen LogP contribution in [0.2, 0.25) is 0 Å². The number of hydrogen-bond acceptors (Lipinski definition) is 14. The second-order valence-electron chi connectivity index (χ2n) is 14.3. The van der Waals surface area contributed by atoms with Gasteiger partial charge in [0.15, 0.2) is 0 Å². The zero-order valence-electron chi connectivity index (χ0n) is 30.3. The van der Waals surface area contributed by atoms with E-state index >= 15 is 0 Å². The lowest BCUT2D eigenvalue weighted by Crippen LogP contribution is -2.64. The van der Waals surface area contributed by atoms with Crippen LogP contribution in [-0.2, 0) is 32.3 Å². The standard InChI is InChI=1S/C36H42N6O12S/c1-20-15-37(12-13-38(20)35(47)53-18-23-4-8-25(9-5-23)41(49)50)16-27-14-28(17-39(27)36(48)54-19-24-6-10-26(11-7-24)42(51)52)55-32-21(2)30-29(22(3)43)33(44)40(30)31(32)34(45)46/h4-11,20-22,27-30,43H,12-19H2,1-3H3,(H,45,46)/p-1/t20?,21-,22-,27+,28+,29-,30-/m1/s1. The Kier molecular flexibility index (Phi) is 11.6. The van der Waals surface area contributed by atoms with Gasteiger partial charge in [-0.3, -0.25) is 29.9 Å². The van der Waals surface area contributed by atoms with Gasteiger partial charge in [0.05, 0.1) is 39.6 Å². The van der Waals surface area contributed by atoms with Crippen LogP contribution >= 0.6 is 11.8 Å². The first-order chi connectivity index (χ1) is 26.1. The van der Waals surface area contributed by atoms with E-state index in [4.69, 9.17) is 9.47 Å². The molecule has 0 radical (unpaired) electrons. The summed E-state index contributed by atoms with van der Waals surface area (Å²) in [4.78, 5) is 79.8. The van der Waals surface area contributed by atoms with Crippen LogP contribution in [0.4, 0.5) is 21.0 Å². The number of carboxylic acid groups (broad SMARTS) is 1. The summed E-state index contributed by atoms with van der Waals surface area (Å²) in [5.41, 5.74) is 0.789. The summed E-state index contributed by atoms with van der Waals surface area (Å²) in [6, 6.07) is 10.2. The van der Waals surface area contributed by atoms with Crippen LogP contribution in [0, 0.1) is 32.1 Å². The molecule has 18 nitrogen and oxygen atoms in total. The molecule has 2 aromatic rings. The van der Waals surface area contributed by atoms with Gasteiger partial charge in [-0.25, -0.2) is 9.59 Å². The van der Waals surface area contributed by atoms with E-state index in [9.17, 15) is 49.6 Å². The number of non-ortho nitro benzene ring substituents is 2. The van der Waals surface area contributed by atoms with Gasteiger partial charge in [-0.2, -0.15) is 0 Å². The molecule has 4 heterocycles. The Hall–Kier alpha value is -5.27. The maximum atomic E-state index is 13.7. The van der Waals surface area contributed by atoms with Gasteiger partial charge in [-0.15, -0.1) is 11.8 Å². The zero-order valence-corrected chi connectivity index (χ0v) is 31.2. The van der Waals surface area contributed by atoms with Gasteiger partial charge in [0.1, 0.15) is 13.2 Å². The van der Waals surface area contributed by atoms with Crippen molar-refractivity contribution in [3.63, 3.8) is 0 Å². The molecular weight excluding hydrogens is 740 g/mol. The minimum atomic E-state index is -1.48. The largest absolute Gasteiger partial charge is 0.543 e. The molecule has 4 aliphatic heterocycles. The number of thioether (sulfide) groups is 1. The number of carbonyl (C=O) groups is 4. The number of aliphatic carboxylic acids is 1. The van der Waals surface area contributed by atoms with E-state index in [1.54, 1.807) is 9.80 Å². The molecule has 0 spiro atoms. The van der Waals surface area contributed by atoms with Crippen molar-refractivity contribution in [1.82, 2.24) is 19.6 Å².